The molecule has 0 saturated carbocycles. The van der Waals surface area contributed by atoms with E-state index in [2.05, 4.69) is 92.9 Å². The van der Waals surface area contributed by atoms with E-state index in [1.807, 2.05) is 24.7 Å². The summed E-state index contributed by atoms with van der Waals surface area (Å²) in [6.45, 7) is 13.6. The van der Waals surface area contributed by atoms with Gasteiger partial charge in [0.25, 0.3) is 0 Å². The molecule has 3 aliphatic carbocycles. The van der Waals surface area contributed by atoms with Crippen molar-refractivity contribution in [2.75, 3.05) is 0 Å². The number of rotatable bonds is 8. The molecule has 0 amide bonds. The maximum Gasteiger partial charge on any atom is 0.0469 e. The summed E-state index contributed by atoms with van der Waals surface area (Å²) >= 11 is 0. The molecule has 0 bridgehead atoms. The minimum Gasteiger partial charge on any atom is -0.261 e. The Kier molecular flexibility index (Phi) is 12.3. The second-order valence-corrected chi connectivity index (χ2v) is 13.0. The van der Waals surface area contributed by atoms with Crippen LogP contribution in [0.5, 0.6) is 0 Å². The fraction of sp³-hybridized carbons (Fsp3) is 0.564. The van der Waals surface area contributed by atoms with Gasteiger partial charge in [0.1, 0.15) is 0 Å². The van der Waals surface area contributed by atoms with Gasteiger partial charge in [-0.05, 0) is 106 Å². The number of aryl methyl sites for hydroxylation is 3. The fourth-order valence-electron chi connectivity index (χ4n) is 7.52. The Morgan fingerprint density at radius 1 is 0.738 bits per heavy atom. The number of hydrogen-bond acceptors (Lipinski definition) is 3. The lowest BCUT2D eigenvalue weighted by Gasteiger charge is -2.20. The molecule has 0 N–H and O–H groups in total. The molecule has 0 saturated heterocycles. The quantitative estimate of drug-likeness (QED) is 0.255. The van der Waals surface area contributed by atoms with Crippen molar-refractivity contribution in [3.63, 3.8) is 0 Å². The molecule has 0 aliphatic heterocycles. The first-order valence-electron chi connectivity index (χ1n) is 16.9. The highest BCUT2D eigenvalue weighted by atomic mass is 14.7. The van der Waals surface area contributed by atoms with Gasteiger partial charge in [-0.15, -0.1) is 0 Å². The SMILES string of the molecule is CC(C)=CCC1CCc2cccnc21.CCC(CC)C1CCc2cccnc21.CCCC(C)C1CCc2cccnc21. The van der Waals surface area contributed by atoms with E-state index in [0.717, 1.165) is 30.1 Å². The van der Waals surface area contributed by atoms with Crippen molar-refractivity contribution in [1.29, 1.82) is 0 Å². The Hall–Kier alpha value is -2.81. The van der Waals surface area contributed by atoms with Gasteiger partial charge in [-0.2, -0.15) is 0 Å². The fourth-order valence-corrected chi connectivity index (χ4v) is 7.52. The van der Waals surface area contributed by atoms with E-state index in [0.29, 0.717) is 5.92 Å². The minimum atomic E-state index is 0.668. The zero-order valence-electron chi connectivity index (χ0n) is 27.3. The van der Waals surface area contributed by atoms with Gasteiger partial charge in [0.05, 0.1) is 0 Å². The molecule has 42 heavy (non-hydrogen) atoms. The van der Waals surface area contributed by atoms with Crippen LogP contribution in [-0.4, -0.2) is 15.0 Å². The predicted octanol–water partition coefficient (Wildman–Crippen LogP) is 10.6. The van der Waals surface area contributed by atoms with Crippen LogP contribution in [0, 0.1) is 11.8 Å². The van der Waals surface area contributed by atoms with Crippen LogP contribution < -0.4 is 0 Å². The highest BCUT2D eigenvalue weighted by Gasteiger charge is 2.29. The van der Waals surface area contributed by atoms with Crippen molar-refractivity contribution in [2.24, 2.45) is 11.8 Å². The van der Waals surface area contributed by atoms with E-state index in [4.69, 9.17) is 0 Å². The molecular formula is C39H55N3. The van der Waals surface area contributed by atoms with E-state index in [1.54, 1.807) is 0 Å². The molecule has 0 aromatic carbocycles. The van der Waals surface area contributed by atoms with Crippen LogP contribution in [0.2, 0.25) is 0 Å². The topological polar surface area (TPSA) is 38.7 Å². The van der Waals surface area contributed by atoms with E-state index >= 15 is 0 Å². The maximum absolute atomic E-state index is 4.56. The highest BCUT2D eigenvalue weighted by molar-refractivity contribution is 5.30. The summed E-state index contributed by atoms with van der Waals surface area (Å²) < 4.78 is 0. The minimum absolute atomic E-state index is 0.668. The van der Waals surface area contributed by atoms with Gasteiger partial charge < -0.3 is 0 Å². The van der Waals surface area contributed by atoms with Crippen LogP contribution in [0.15, 0.2) is 66.6 Å². The Bertz CT molecular complexity index is 1270. The number of fused-ring (bicyclic) bond motifs is 3. The smallest absolute Gasteiger partial charge is 0.0469 e. The molecule has 3 heterocycles. The number of hydrogen-bond donors (Lipinski definition) is 0. The van der Waals surface area contributed by atoms with Crippen molar-refractivity contribution in [2.45, 2.75) is 130 Å². The third kappa shape index (κ3) is 8.17. The van der Waals surface area contributed by atoms with E-state index < -0.39 is 0 Å². The Morgan fingerprint density at radius 2 is 1.24 bits per heavy atom. The lowest BCUT2D eigenvalue weighted by Crippen LogP contribution is -2.09. The molecular weight excluding hydrogens is 510 g/mol. The zero-order chi connectivity index (χ0) is 29.9. The van der Waals surface area contributed by atoms with Gasteiger partial charge >= 0.3 is 0 Å². The van der Waals surface area contributed by atoms with Crippen LogP contribution in [0.25, 0.3) is 0 Å². The Labute approximate surface area is 256 Å². The molecule has 0 spiro atoms. The van der Waals surface area contributed by atoms with Crippen LogP contribution in [0.3, 0.4) is 0 Å². The number of allylic oxidation sites excluding steroid dienone is 2. The van der Waals surface area contributed by atoms with Crippen molar-refractivity contribution >= 4 is 0 Å². The molecule has 226 valence electrons. The molecule has 3 nitrogen and oxygen atoms in total. The zero-order valence-corrected chi connectivity index (χ0v) is 27.3. The summed E-state index contributed by atoms with van der Waals surface area (Å²) in [4.78, 5) is 13.6. The Morgan fingerprint density at radius 3 is 1.79 bits per heavy atom. The molecule has 0 fully saturated rings. The second kappa shape index (κ2) is 16.1. The van der Waals surface area contributed by atoms with E-state index in [9.17, 15) is 0 Å². The average molecular weight is 566 g/mol. The third-order valence-electron chi connectivity index (χ3n) is 9.94. The van der Waals surface area contributed by atoms with Gasteiger partial charge in [0.2, 0.25) is 0 Å². The normalized spacial score (nSPS) is 20.4. The van der Waals surface area contributed by atoms with Crippen molar-refractivity contribution in [1.82, 2.24) is 15.0 Å². The van der Waals surface area contributed by atoms with Gasteiger partial charge in [0.15, 0.2) is 0 Å². The lowest BCUT2D eigenvalue weighted by atomic mass is 9.86. The van der Waals surface area contributed by atoms with Gasteiger partial charge in [-0.25, -0.2) is 0 Å². The molecule has 3 heteroatoms. The van der Waals surface area contributed by atoms with E-state index in [1.165, 1.54) is 104 Å². The third-order valence-corrected chi connectivity index (χ3v) is 9.94. The molecule has 3 aromatic heterocycles. The van der Waals surface area contributed by atoms with Crippen LogP contribution >= 0.6 is 0 Å². The summed E-state index contributed by atoms with van der Waals surface area (Å²) in [5, 5.41) is 0. The first-order valence-corrected chi connectivity index (χ1v) is 16.9. The van der Waals surface area contributed by atoms with Crippen LogP contribution in [0.4, 0.5) is 0 Å². The summed E-state index contributed by atoms with van der Waals surface area (Å²) in [6, 6.07) is 12.9. The van der Waals surface area contributed by atoms with Crippen molar-refractivity contribution < 1.29 is 0 Å². The summed E-state index contributed by atoms with van der Waals surface area (Å²) in [7, 11) is 0. The summed E-state index contributed by atoms with van der Waals surface area (Å²) in [5.41, 5.74) is 9.96. The predicted molar refractivity (Wildman–Crippen MR) is 178 cm³/mol. The maximum atomic E-state index is 4.56. The largest absolute Gasteiger partial charge is 0.261 e. The van der Waals surface area contributed by atoms with Gasteiger partial charge in [-0.1, -0.05) is 83.2 Å². The first-order chi connectivity index (χ1) is 20.5. The second-order valence-electron chi connectivity index (χ2n) is 13.0. The number of aromatic nitrogens is 3. The molecule has 3 aliphatic rings. The van der Waals surface area contributed by atoms with Crippen molar-refractivity contribution in [3.8, 4) is 0 Å². The molecule has 0 radical (unpaired) electrons. The molecule has 4 atom stereocenters. The van der Waals surface area contributed by atoms with Crippen LogP contribution in [0.1, 0.15) is 144 Å². The summed E-state index contributed by atoms with van der Waals surface area (Å²) in [5.74, 6) is 3.77. The standard InChI is InChI=1S/C13H17N.2C13H19N/c1-10(2)5-6-12-8-7-11-4-3-9-14-13(11)12;1-3-5-10(2)12-8-7-11-6-4-9-14-13(11)12;1-3-10(4-2)12-8-7-11-6-5-9-14-13(11)12/h3-5,9,12H,6-8H2,1-2H3;4,6,9-10,12H,3,5,7-8H2,1-2H3;5-6,9-10,12H,3-4,7-8H2,1-2H3. The monoisotopic (exact) mass is 565 g/mol. The molecule has 4 unspecified atom stereocenters. The lowest BCUT2D eigenvalue weighted by molar-refractivity contribution is 0.390. The number of nitrogens with zero attached hydrogens (tertiary/aromatic N) is 3. The van der Waals surface area contributed by atoms with Gasteiger partial charge in [-0.3, -0.25) is 15.0 Å². The highest BCUT2D eigenvalue weighted by Crippen LogP contribution is 2.40. The number of pyridine rings is 3. The van der Waals surface area contributed by atoms with E-state index in [-0.39, 0.29) is 0 Å². The van der Waals surface area contributed by atoms with Crippen LogP contribution in [-0.2, 0) is 19.3 Å². The average Bonchev–Trinajstić information content (AvgIpc) is 3.75. The summed E-state index contributed by atoms with van der Waals surface area (Å²) in [6.07, 6.45) is 22.1. The van der Waals surface area contributed by atoms with Gasteiger partial charge in [0, 0.05) is 53.4 Å². The van der Waals surface area contributed by atoms with Crippen molar-refractivity contribution in [3.05, 3.63) is 100 Å². The molecule has 6 rings (SSSR count). The Balaban J connectivity index is 0.000000145. The first kappa shape index (κ1) is 32.1. The molecule has 3 aromatic rings.